The van der Waals surface area contributed by atoms with Gasteiger partial charge < -0.3 is 10.2 Å². The van der Waals surface area contributed by atoms with Crippen LogP contribution in [0.2, 0.25) is 0 Å². The third-order valence-corrected chi connectivity index (χ3v) is 8.05. The monoisotopic (exact) mass is 479 g/mol. The van der Waals surface area contributed by atoms with Crippen LogP contribution < -0.4 is 10.2 Å². The number of piperidine rings is 2. The maximum Gasteiger partial charge on any atom is 0.252 e. The van der Waals surface area contributed by atoms with Gasteiger partial charge in [0.2, 0.25) is 15.9 Å². The van der Waals surface area contributed by atoms with E-state index in [9.17, 15) is 18.0 Å². The molecule has 2 saturated heterocycles. The maximum atomic E-state index is 12.7. The number of benzene rings is 2. The molecule has 0 bridgehead atoms. The molecule has 2 aromatic carbocycles. The molecule has 2 heterocycles. The van der Waals surface area contributed by atoms with Crippen molar-refractivity contribution >= 4 is 27.5 Å². The fourth-order valence-corrected chi connectivity index (χ4v) is 5.73. The lowest BCUT2D eigenvalue weighted by molar-refractivity contribution is -0.119. The molecule has 0 aromatic heterocycles. The van der Waals surface area contributed by atoms with Gasteiger partial charge in [-0.05, 0) is 74.2 Å². The van der Waals surface area contributed by atoms with Crippen molar-refractivity contribution in [1.82, 2.24) is 9.62 Å². The number of sulfonamides is 1. The number of carbonyl (C=O) groups is 2. The summed E-state index contributed by atoms with van der Waals surface area (Å²) in [7, 11) is -3.51. The standard InChI is InChI=1S/C26H29N3O4S/c30-25-8-2-5-20-29(25)23-13-9-21(10-14-23)7-6-17-27-26(31)22-11-15-24(16-12-22)34(32,33)28-18-3-1-4-19-28/h9-16H,1-5,8,17-20H2,(H,27,31). The lowest BCUT2D eigenvalue weighted by atomic mass is 10.1. The third-order valence-electron chi connectivity index (χ3n) is 6.14. The van der Waals surface area contributed by atoms with Gasteiger partial charge in [0.1, 0.15) is 0 Å². The molecule has 0 aliphatic carbocycles. The van der Waals surface area contributed by atoms with Crippen molar-refractivity contribution in [2.75, 3.05) is 31.1 Å². The molecule has 0 saturated carbocycles. The first-order valence-corrected chi connectivity index (χ1v) is 13.2. The minimum absolute atomic E-state index is 0.157. The molecule has 0 unspecified atom stereocenters. The van der Waals surface area contributed by atoms with Gasteiger partial charge in [0, 0.05) is 42.9 Å². The van der Waals surface area contributed by atoms with Gasteiger partial charge in [0.15, 0.2) is 0 Å². The zero-order valence-electron chi connectivity index (χ0n) is 19.1. The van der Waals surface area contributed by atoms with Crippen LogP contribution in [0.4, 0.5) is 5.69 Å². The number of nitrogens with one attached hydrogen (secondary N) is 1. The number of hydrogen-bond donors (Lipinski definition) is 1. The van der Waals surface area contributed by atoms with Crippen LogP contribution in [-0.2, 0) is 14.8 Å². The summed E-state index contributed by atoms with van der Waals surface area (Å²) < 4.78 is 27.0. The Morgan fingerprint density at radius 3 is 2.24 bits per heavy atom. The minimum Gasteiger partial charge on any atom is -0.341 e. The number of carbonyl (C=O) groups excluding carboxylic acids is 2. The highest BCUT2D eigenvalue weighted by Crippen LogP contribution is 2.22. The van der Waals surface area contributed by atoms with Crippen LogP contribution in [0.3, 0.4) is 0 Å². The van der Waals surface area contributed by atoms with Gasteiger partial charge in [-0.1, -0.05) is 18.3 Å². The molecular weight excluding hydrogens is 450 g/mol. The fourth-order valence-electron chi connectivity index (χ4n) is 4.21. The van der Waals surface area contributed by atoms with Crippen molar-refractivity contribution in [2.45, 2.75) is 43.4 Å². The second kappa shape index (κ2) is 10.9. The number of hydrogen-bond acceptors (Lipinski definition) is 4. The Morgan fingerprint density at radius 1 is 0.882 bits per heavy atom. The highest BCUT2D eigenvalue weighted by atomic mass is 32.2. The molecule has 1 N–H and O–H groups in total. The van der Waals surface area contributed by atoms with Gasteiger partial charge >= 0.3 is 0 Å². The van der Waals surface area contributed by atoms with E-state index in [0.717, 1.165) is 49.9 Å². The molecule has 2 aliphatic rings. The van der Waals surface area contributed by atoms with Crippen molar-refractivity contribution in [3.8, 4) is 11.8 Å². The molecule has 2 aliphatic heterocycles. The molecular formula is C26H29N3O4S. The predicted molar refractivity (Wildman–Crippen MR) is 131 cm³/mol. The summed E-state index contributed by atoms with van der Waals surface area (Å²) in [4.78, 5) is 26.4. The topological polar surface area (TPSA) is 86.8 Å². The summed E-state index contributed by atoms with van der Waals surface area (Å²) >= 11 is 0. The van der Waals surface area contributed by atoms with Crippen molar-refractivity contribution < 1.29 is 18.0 Å². The fraction of sp³-hybridized carbons (Fsp3) is 0.385. The van der Waals surface area contributed by atoms with E-state index in [1.165, 1.54) is 28.6 Å². The molecule has 0 spiro atoms. The van der Waals surface area contributed by atoms with E-state index in [0.29, 0.717) is 25.1 Å². The average molecular weight is 480 g/mol. The van der Waals surface area contributed by atoms with Crippen LogP contribution in [-0.4, -0.2) is 50.7 Å². The van der Waals surface area contributed by atoms with Crippen LogP contribution in [0.25, 0.3) is 0 Å². The van der Waals surface area contributed by atoms with E-state index in [1.807, 2.05) is 29.2 Å². The van der Waals surface area contributed by atoms with Crippen molar-refractivity contribution in [3.63, 3.8) is 0 Å². The van der Waals surface area contributed by atoms with Gasteiger partial charge in [-0.3, -0.25) is 9.59 Å². The highest BCUT2D eigenvalue weighted by molar-refractivity contribution is 7.89. The Hall–Kier alpha value is -3.15. The number of amides is 2. The Kier molecular flexibility index (Phi) is 7.66. The second-order valence-electron chi connectivity index (χ2n) is 8.52. The van der Waals surface area contributed by atoms with Crippen LogP contribution >= 0.6 is 0 Å². The Bertz CT molecular complexity index is 1190. The van der Waals surface area contributed by atoms with Crippen molar-refractivity contribution in [1.29, 1.82) is 0 Å². The SMILES string of the molecule is O=C(NCC#Cc1ccc(N2CCCCC2=O)cc1)c1ccc(S(=O)(=O)N2CCCCC2)cc1. The highest BCUT2D eigenvalue weighted by Gasteiger charge is 2.26. The molecule has 8 heteroatoms. The summed E-state index contributed by atoms with van der Waals surface area (Å²) in [5, 5.41) is 2.73. The normalized spacial score (nSPS) is 17.1. The summed E-state index contributed by atoms with van der Waals surface area (Å²) in [5.74, 6) is 5.78. The molecule has 34 heavy (non-hydrogen) atoms. The Morgan fingerprint density at radius 2 is 1.56 bits per heavy atom. The van der Waals surface area contributed by atoms with Crippen LogP contribution in [0, 0.1) is 11.8 Å². The lowest BCUT2D eigenvalue weighted by Crippen LogP contribution is -2.35. The van der Waals surface area contributed by atoms with E-state index in [1.54, 1.807) is 0 Å². The predicted octanol–water partition coefficient (Wildman–Crippen LogP) is 3.16. The molecule has 0 radical (unpaired) electrons. The lowest BCUT2D eigenvalue weighted by Gasteiger charge is -2.26. The van der Waals surface area contributed by atoms with Gasteiger partial charge in [0.05, 0.1) is 11.4 Å². The largest absolute Gasteiger partial charge is 0.341 e. The van der Waals surface area contributed by atoms with Gasteiger partial charge in [-0.15, -0.1) is 0 Å². The van der Waals surface area contributed by atoms with Gasteiger partial charge in [0.25, 0.3) is 5.91 Å². The zero-order chi connectivity index (χ0) is 24.0. The van der Waals surface area contributed by atoms with Crippen LogP contribution in [0.5, 0.6) is 0 Å². The second-order valence-corrected chi connectivity index (χ2v) is 10.5. The van der Waals surface area contributed by atoms with E-state index in [4.69, 9.17) is 0 Å². The Balaban J connectivity index is 1.30. The first-order chi connectivity index (χ1) is 16.4. The molecule has 178 valence electrons. The molecule has 2 fully saturated rings. The summed E-state index contributed by atoms with van der Waals surface area (Å²) in [6.45, 7) is 2.00. The number of anilines is 1. The molecule has 4 rings (SSSR count). The van der Waals surface area contributed by atoms with E-state index >= 15 is 0 Å². The maximum absolute atomic E-state index is 12.7. The van der Waals surface area contributed by atoms with Crippen molar-refractivity contribution in [2.24, 2.45) is 0 Å². The van der Waals surface area contributed by atoms with Crippen LogP contribution in [0.15, 0.2) is 53.4 Å². The average Bonchev–Trinajstić information content (AvgIpc) is 2.88. The zero-order valence-corrected chi connectivity index (χ0v) is 19.9. The molecule has 7 nitrogen and oxygen atoms in total. The van der Waals surface area contributed by atoms with Crippen molar-refractivity contribution in [3.05, 3.63) is 59.7 Å². The summed E-state index contributed by atoms with van der Waals surface area (Å²) in [5.41, 5.74) is 2.07. The minimum atomic E-state index is -3.51. The number of rotatable bonds is 5. The quantitative estimate of drug-likeness (QED) is 0.668. The number of nitrogens with zero attached hydrogens (tertiary/aromatic N) is 2. The van der Waals surface area contributed by atoms with E-state index < -0.39 is 10.0 Å². The first kappa shape index (κ1) is 24.0. The summed E-state index contributed by atoms with van der Waals surface area (Å²) in [6, 6.07) is 13.6. The molecule has 0 atom stereocenters. The van der Waals surface area contributed by atoms with Gasteiger partial charge in [-0.2, -0.15) is 4.31 Å². The third kappa shape index (κ3) is 5.66. The van der Waals surface area contributed by atoms with E-state index in [2.05, 4.69) is 17.2 Å². The molecule has 2 amide bonds. The summed E-state index contributed by atoms with van der Waals surface area (Å²) in [6.07, 6.45) is 5.37. The van der Waals surface area contributed by atoms with Crippen LogP contribution in [0.1, 0.15) is 54.4 Å². The molecule has 2 aromatic rings. The smallest absolute Gasteiger partial charge is 0.252 e. The first-order valence-electron chi connectivity index (χ1n) is 11.7. The Labute approximate surface area is 201 Å². The van der Waals surface area contributed by atoms with E-state index in [-0.39, 0.29) is 23.3 Å². The van der Waals surface area contributed by atoms with Gasteiger partial charge in [-0.25, -0.2) is 8.42 Å².